The van der Waals surface area contributed by atoms with Gasteiger partial charge >= 0.3 is 6.03 Å². The molecule has 0 spiro atoms. The van der Waals surface area contributed by atoms with Crippen LogP contribution in [0.1, 0.15) is 39.5 Å². The molecule has 0 unspecified atom stereocenters. The Bertz CT molecular complexity index is 259. The van der Waals surface area contributed by atoms with Crippen LogP contribution in [0.3, 0.4) is 0 Å². The third-order valence-electron chi connectivity index (χ3n) is 3.07. The molecule has 0 atom stereocenters. The summed E-state index contributed by atoms with van der Waals surface area (Å²) in [4.78, 5) is 13.5. The van der Waals surface area contributed by atoms with Gasteiger partial charge in [0.05, 0.1) is 6.07 Å². The summed E-state index contributed by atoms with van der Waals surface area (Å²) < 4.78 is 0. The minimum Gasteiger partial charge on any atom is -0.325 e. The van der Waals surface area contributed by atoms with Crippen molar-refractivity contribution < 1.29 is 4.79 Å². The molecule has 1 fully saturated rings. The minimum absolute atomic E-state index is 0.108. The molecule has 84 valence electrons. The minimum atomic E-state index is -0.598. The van der Waals surface area contributed by atoms with Crippen LogP contribution in [-0.2, 0) is 0 Å². The number of amides is 2. The van der Waals surface area contributed by atoms with E-state index in [0.29, 0.717) is 13.1 Å². The van der Waals surface area contributed by atoms with Crippen LogP contribution < -0.4 is 5.32 Å². The third kappa shape index (κ3) is 2.62. The molecule has 15 heavy (non-hydrogen) atoms. The van der Waals surface area contributed by atoms with Crippen molar-refractivity contribution in [2.45, 2.75) is 45.1 Å². The maximum atomic E-state index is 11.8. The van der Waals surface area contributed by atoms with Crippen LogP contribution in [-0.4, -0.2) is 29.6 Å². The van der Waals surface area contributed by atoms with Crippen molar-refractivity contribution in [3.63, 3.8) is 0 Å². The Morgan fingerprint density at radius 2 is 1.93 bits per heavy atom. The Morgan fingerprint density at radius 3 is 2.33 bits per heavy atom. The van der Waals surface area contributed by atoms with E-state index in [0.717, 1.165) is 25.7 Å². The summed E-state index contributed by atoms with van der Waals surface area (Å²) in [5, 5.41) is 12.0. The van der Waals surface area contributed by atoms with Crippen LogP contribution >= 0.6 is 0 Å². The zero-order valence-electron chi connectivity index (χ0n) is 9.55. The highest BCUT2D eigenvalue weighted by Gasteiger charge is 2.36. The summed E-state index contributed by atoms with van der Waals surface area (Å²) in [6, 6.07) is 2.14. The van der Waals surface area contributed by atoms with Gasteiger partial charge in [0.15, 0.2) is 0 Å². The van der Waals surface area contributed by atoms with Gasteiger partial charge in [0, 0.05) is 13.1 Å². The first-order valence-corrected chi connectivity index (χ1v) is 5.66. The van der Waals surface area contributed by atoms with Crippen LogP contribution in [0.25, 0.3) is 0 Å². The van der Waals surface area contributed by atoms with Crippen LogP contribution in [0.15, 0.2) is 0 Å². The number of hydrogen-bond donors (Lipinski definition) is 1. The Morgan fingerprint density at radius 1 is 1.40 bits per heavy atom. The molecule has 1 aliphatic carbocycles. The topological polar surface area (TPSA) is 56.1 Å². The number of hydrogen-bond acceptors (Lipinski definition) is 2. The number of urea groups is 1. The first-order chi connectivity index (χ1) is 7.17. The van der Waals surface area contributed by atoms with Gasteiger partial charge < -0.3 is 10.2 Å². The average molecular weight is 209 g/mol. The first-order valence-electron chi connectivity index (χ1n) is 5.66. The van der Waals surface area contributed by atoms with Gasteiger partial charge in [0.25, 0.3) is 0 Å². The molecule has 0 aliphatic heterocycles. The number of nitriles is 1. The molecule has 1 saturated carbocycles. The van der Waals surface area contributed by atoms with Crippen molar-refractivity contribution in [1.29, 1.82) is 5.26 Å². The molecule has 4 heteroatoms. The molecule has 1 aliphatic rings. The summed E-state index contributed by atoms with van der Waals surface area (Å²) in [7, 11) is 0. The van der Waals surface area contributed by atoms with E-state index in [1.54, 1.807) is 4.90 Å². The number of nitrogens with one attached hydrogen (secondary N) is 1. The van der Waals surface area contributed by atoms with Crippen molar-refractivity contribution >= 4 is 6.03 Å². The Labute approximate surface area is 91.2 Å². The highest BCUT2D eigenvalue weighted by atomic mass is 16.2. The van der Waals surface area contributed by atoms with Gasteiger partial charge in [0.1, 0.15) is 5.54 Å². The van der Waals surface area contributed by atoms with Crippen molar-refractivity contribution in [2.75, 3.05) is 13.1 Å². The molecule has 0 saturated heterocycles. The van der Waals surface area contributed by atoms with E-state index in [-0.39, 0.29) is 6.03 Å². The molecular weight excluding hydrogens is 190 g/mol. The smallest absolute Gasteiger partial charge is 0.318 e. The molecule has 1 rings (SSSR count). The van der Waals surface area contributed by atoms with Crippen LogP contribution in [0.2, 0.25) is 0 Å². The number of rotatable bonds is 3. The summed E-state index contributed by atoms with van der Waals surface area (Å²) >= 11 is 0. The predicted molar refractivity (Wildman–Crippen MR) is 58.3 cm³/mol. The SMILES string of the molecule is CCN(CC)C(=O)NC1(C#N)CCCC1. The Kier molecular flexibility index (Phi) is 3.96. The lowest BCUT2D eigenvalue weighted by atomic mass is 10.0. The second-order valence-electron chi connectivity index (χ2n) is 4.00. The maximum absolute atomic E-state index is 11.8. The normalized spacial score (nSPS) is 18.2. The average Bonchev–Trinajstić information content (AvgIpc) is 2.69. The summed E-state index contributed by atoms with van der Waals surface area (Å²) in [6.07, 6.45) is 3.64. The fraction of sp³-hybridized carbons (Fsp3) is 0.818. The van der Waals surface area contributed by atoms with Crippen molar-refractivity contribution in [3.05, 3.63) is 0 Å². The lowest BCUT2D eigenvalue weighted by Crippen LogP contribution is -2.51. The second-order valence-corrected chi connectivity index (χ2v) is 4.00. The van der Waals surface area contributed by atoms with Gasteiger partial charge in [-0.25, -0.2) is 4.79 Å². The predicted octanol–water partition coefficient (Wildman–Crippen LogP) is 1.87. The molecule has 0 radical (unpaired) electrons. The summed E-state index contributed by atoms with van der Waals surface area (Å²) in [5.74, 6) is 0. The van der Waals surface area contributed by atoms with E-state index in [1.165, 1.54) is 0 Å². The summed E-state index contributed by atoms with van der Waals surface area (Å²) in [6.45, 7) is 5.25. The van der Waals surface area contributed by atoms with Gasteiger partial charge in [0.2, 0.25) is 0 Å². The summed E-state index contributed by atoms with van der Waals surface area (Å²) in [5.41, 5.74) is -0.598. The monoisotopic (exact) mass is 209 g/mol. The van der Waals surface area contributed by atoms with E-state index >= 15 is 0 Å². The van der Waals surface area contributed by atoms with Gasteiger partial charge in [-0.15, -0.1) is 0 Å². The highest BCUT2D eigenvalue weighted by molar-refractivity contribution is 5.75. The first kappa shape index (κ1) is 11.8. The van der Waals surface area contributed by atoms with E-state index in [4.69, 9.17) is 5.26 Å². The van der Waals surface area contributed by atoms with Crippen molar-refractivity contribution in [2.24, 2.45) is 0 Å². The lowest BCUT2D eigenvalue weighted by molar-refractivity contribution is 0.194. The van der Waals surface area contributed by atoms with Crippen molar-refractivity contribution in [1.82, 2.24) is 10.2 Å². The van der Waals surface area contributed by atoms with E-state index in [2.05, 4.69) is 11.4 Å². The zero-order valence-corrected chi connectivity index (χ0v) is 9.55. The van der Waals surface area contributed by atoms with Crippen LogP contribution in [0, 0.1) is 11.3 Å². The van der Waals surface area contributed by atoms with Gasteiger partial charge in [-0.2, -0.15) is 5.26 Å². The van der Waals surface area contributed by atoms with Gasteiger partial charge in [-0.05, 0) is 39.5 Å². The molecule has 0 aromatic carbocycles. The fourth-order valence-corrected chi connectivity index (χ4v) is 2.04. The Balaban J connectivity index is 2.60. The van der Waals surface area contributed by atoms with Gasteiger partial charge in [-0.1, -0.05) is 0 Å². The molecular formula is C11H19N3O. The molecule has 0 aromatic rings. The largest absolute Gasteiger partial charge is 0.325 e. The zero-order chi connectivity index (χ0) is 11.3. The molecule has 4 nitrogen and oxygen atoms in total. The highest BCUT2D eigenvalue weighted by Crippen LogP contribution is 2.28. The van der Waals surface area contributed by atoms with Crippen LogP contribution in [0.4, 0.5) is 4.79 Å². The van der Waals surface area contributed by atoms with Crippen molar-refractivity contribution in [3.8, 4) is 6.07 Å². The van der Waals surface area contributed by atoms with E-state index < -0.39 is 5.54 Å². The molecule has 0 aromatic heterocycles. The quantitative estimate of drug-likeness (QED) is 0.771. The molecule has 1 N–H and O–H groups in total. The molecule has 0 bridgehead atoms. The van der Waals surface area contributed by atoms with Crippen LogP contribution in [0.5, 0.6) is 0 Å². The molecule has 0 heterocycles. The molecule has 2 amide bonds. The lowest BCUT2D eigenvalue weighted by Gasteiger charge is -2.27. The van der Waals surface area contributed by atoms with E-state index in [9.17, 15) is 4.79 Å². The number of nitrogens with zero attached hydrogens (tertiary/aromatic N) is 2. The Hall–Kier alpha value is -1.24. The standard InChI is InChI=1S/C11H19N3O/c1-3-14(4-2)10(15)13-11(9-12)7-5-6-8-11/h3-8H2,1-2H3,(H,13,15). The number of carbonyl (C=O) groups is 1. The van der Waals surface area contributed by atoms with Gasteiger partial charge in [-0.3, -0.25) is 0 Å². The third-order valence-corrected chi connectivity index (χ3v) is 3.07. The second kappa shape index (κ2) is 5.01. The number of carbonyl (C=O) groups excluding carboxylic acids is 1. The maximum Gasteiger partial charge on any atom is 0.318 e. The fourth-order valence-electron chi connectivity index (χ4n) is 2.04. The van der Waals surface area contributed by atoms with E-state index in [1.807, 2.05) is 13.8 Å².